The zero-order valence-electron chi connectivity index (χ0n) is 13.2. The largest absolute Gasteiger partial charge is 0.391 e. The monoisotopic (exact) mass is 347 g/mol. The van der Waals surface area contributed by atoms with E-state index in [9.17, 15) is 22.0 Å². The first-order chi connectivity index (χ1) is 11.5. The van der Waals surface area contributed by atoms with Crippen molar-refractivity contribution in [2.45, 2.75) is 39.2 Å². The van der Waals surface area contributed by atoms with Crippen molar-refractivity contribution in [1.29, 1.82) is 0 Å². The molecule has 0 aromatic heterocycles. The maximum atomic E-state index is 13.3. The topological polar surface area (TPSA) is 21.6 Å². The SMILES string of the molecule is CCCCC/C=C/C=C/C=NOCc1c(F)c(F)c(F)c(F)c1F. The van der Waals surface area contributed by atoms with E-state index in [2.05, 4.69) is 16.9 Å². The van der Waals surface area contributed by atoms with Gasteiger partial charge in [0.25, 0.3) is 0 Å². The van der Waals surface area contributed by atoms with Gasteiger partial charge in [-0.05, 0) is 18.9 Å². The van der Waals surface area contributed by atoms with Gasteiger partial charge in [-0.1, -0.05) is 43.1 Å². The molecule has 0 aliphatic rings. The molecule has 24 heavy (non-hydrogen) atoms. The van der Waals surface area contributed by atoms with Gasteiger partial charge < -0.3 is 4.84 Å². The molecular formula is C17H18F5NO. The maximum Gasteiger partial charge on any atom is 0.200 e. The molecule has 0 bridgehead atoms. The Morgan fingerprint density at radius 2 is 1.46 bits per heavy atom. The molecule has 0 amide bonds. The summed E-state index contributed by atoms with van der Waals surface area (Å²) in [5, 5.41) is 3.36. The fraction of sp³-hybridized carbons (Fsp3) is 0.353. The molecule has 0 N–H and O–H groups in total. The molecule has 1 aromatic carbocycles. The molecule has 0 saturated heterocycles. The third-order valence-corrected chi connectivity index (χ3v) is 3.06. The number of hydrogen-bond acceptors (Lipinski definition) is 2. The summed E-state index contributed by atoms with van der Waals surface area (Å²) in [6.45, 7) is 1.25. The summed E-state index contributed by atoms with van der Waals surface area (Å²) < 4.78 is 65.4. The Bertz CT molecular complexity index is 597. The average Bonchev–Trinajstić information content (AvgIpc) is 2.58. The van der Waals surface area contributed by atoms with Gasteiger partial charge in [-0.2, -0.15) is 0 Å². The van der Waals surface area contributed by atoms with Crippen molar-refractivity contribution < 1.29 is 26.8 Å². The molecule has 0 atom stereocenters. The van der Waals surface area contributed by atoms with Crippen LogP contribution in [-0.4, -0.2) is 6.21 Å². The van der Waals surface area contributed by atoms with Crippen molar-refractivity contribution in [3.05, 3.63) is 59.0 Å². The quantitative estimate of drug-likeness (QED) is 0.109. The predicted molar refractivity (Wildman–Crippen MR) is 81.9 cm³/mol. The molecule has 0 heterocycles. The molecular weight excluding hydrogens is 329 g/mol. The Labute approximate surface area is 137 Å². The number of hydrogen-bond donors (Lipinski definition) is 0. The molecule has 0 spiro atoms. The minimum Gasteiger partial charge on any atom is -0.391 e. The first-order valence-corrected chi connectivity index (χ1v) is 7.48. The third-order valence-electron chi connectivity index (χ3n) is 3.06. The molecule has 1 aromatic rings. The summed E-state index contributed by atoms with van der Waals surface area (Å²) in [6, 6.07) is 0. The van der Waals surface area contributed by atoms with Crippen molar-refractivity contribution in [1.82, 2.24) is 0 Å². The lowest BCUT2D eigenvalue weighted by Crippen LogP contribution is -2.07. The van der Waals surface area contributed by atoms with Gasteiger partial charge in [-0.3, -0.25) is 0 Å². The van der Waals surface area contributed by atoms with E-state index in [4.69, 9.17) is 0 Å². The van der Waals surface area contributed by atoms with Gasteiger partial charge >= 0.3 is 0 Å². The van der Waals surface area contributed by atoms with Crippen LogP contribution in [0.4, 0.5) is 22.0 Å². The van der Waals surface area contributed by atoms with E-state index >= 15 is 0 Å². The number of rotatable bonds is 9. The molecule has 0 unspecified atom stereocenters. The Morgan fingerprint density at radius 1 is 0.833 bits per heavy atom. The number of nitrogens with zero attached hydrogens (tertiary/aromatic N) is 1. The van der Waals surface area contributed by atoms with Crippen molar-refractivity contribution in [3.63, 3.8) is 0 Å². The number of benzene rings is 1. The Morgan fingerprint density at radius 3 is 2.08 bits per heavy atom. The van der Waals surface area contributed by atoms with Crippen molar-refractivity contribution >= 4 is 6.21 Å². The second-order valence-electron chi connectivity index (χ2n) is 4.89. The van der Waals surface area contributed by atoms with Crippen molar-refractivity contribution in [2.24, 2.45) is 5.16 Å². The van der Waals surface area contributed by atoms with Gasteiger partial charge in [0.1, 0.15) is 6.61 Å². The van der Waals surface area contributed by atoms with E-state index < -0.39 is 41.3 Å². The normalized spacial score (nSPS) is 12.1. The first kappa shape index (κ1) is 19.9. The number of unbranched alkanes of at least 4 members (excludes halogenated alkanes) is 3. The standard InChI is InChI=1S/C17H18F5NO/c1-2-3-4-5-6-7-8-9-10-23-24-11-12-13(18)15(20)17(22)16(21)14(12)19/h6-10H,2-5,11H2,1H3/b7-6+,9-8+,23-10?. The van der Waals surface area contributed by atoms with Crippen LogP contribution in [0, 0.1) is 29.1 Å². The van der Waals surface area contributed by atoms with E-state index in [1.807, 2.05) is 12.2 Å². The zero-order valence-corrected chi connectivity index (χ0v) is 13.2. The summed E-state index contributed by atoms with van der Waals surface area (Å²) in [4.78, 5) is 4.55. The highest BCUT2D eigenvalue weighted by Crippen LogP contribution is 2.23. The van der Waals surface area contributed by atoms with Gasteiger partial charge in [0.2, 0.25) is 5.82 Å². The Balaban J connectivity index is 2.48. The van der Waals surface area contributed by atoms with Gasteiger partial charge in [0.05, 0.1) is 11.8 Å². The van der Waals surface area contributed by atoms with Gasteiger partial charge in [0, 0.05) is 0 Å². The number of halogens is 5. The van der Waals surface area contributed by atoms with Gasteiger partial charge in [-0.15, -0.1) is 0 Å². The van der Waals surface area contributed by atoms with Crippen LogP contribution in [-0.2, 0) is 11.4 Å². The van der Waals surface area contributed by atoms with Crippen LogP contribution in [0.25, 0.3) is 0 Å². The first-order valence-electron chi connectivity index (χ1n) is 7.48. The summed E-state index contributed by atoms with van der Waals surface area (Å²) in [5.41, 5.74) is -1.07. The van der Waals surface area contributed by atoms with Crippen LogP contribution in [0.15, 0.2) is 29.5 Å². The maximum absolute atomic E-state index is 13.3. The summed E-state index contributed by atoms with van der Waals surface area (Å²) in [6.07, 6.45) is 12.6. The number of allylic oxidation sites excluding steroid dienone is 4. The van der Waals surface area contributed by atoms with Crippen LogP contribution in [0.2, 0.25) is 0 Å². The van der Waals surface area contributed by atoms with Gasteiger partial charge in [0.15, 0.2) is 23.3 Å². The minimum absolute atomic E-state index is 0.872. The van der Waals surface area contributed by atoms with Crippen molar-refractivity contribution in [2.75, 3.05) is 0 Å². The molecule has 0 saturated carbocycles. The van der Waals surface area contributed by atoms with Crippen LogP contribution in [0.3, 0.4) is 0 Å². The molecule has 0 radical (unpaired) electrons. The Kier molecular flexibility index (Phi) is 8.75. The fourth-order valence-corrected chi connectivity index (χ4v) is 1.76. The van der Waals surface area contributed by atoms with Crippen LogP contribution >= 0.6 is 0 Å². The Hall–Kier alpha value is -2.18. The molecule has 0 aliphatic carbocycles. The lowest BCUT2D eigenvalue weighted by Gasteiger charge is -2.06. The van der Waals surface area contributed by atoms with E-state index in [1.54, 1.807) is 6.08 Å². The van der Waals surface area contributed by atoms with Crippen LogP contribution < -0.4 is 0 Å². The molecule has 132 valence electrons. The van der Waals surface area contributed by atoms with E-state index in [1.165, 1.54) is 18.7 Å². The van der Waals surface area contributed by atoms with Crippen LogP contribution in [0.5, 0.6) is 0 Å². The minimum atomic E-state index is -2.20. The highest BCUT2D eigenvalue weighted by Gasteiger charge is 2.25. The van der Waals surface area contributed by atoms with E-state index in [0.29, 0.717) is 0 Å². The summed E-state index contributed by atoms with van der Waals surface area (Å²) >= 11 is 0. The highest BCUT2D eigenvalue weighted by molar-refractivity contribution is 5.70. The summed E-state index contributed by atoms with van der Waals surface area (Å²) in [7, 11) is 0. The zero-order chi connectivity index (χ0) is 17.9. The van der Waals surface area contributed by atoms with E-state index in [0.717, 1.165) is 19.3 Å². The van der Waals surface area contributed by atoms with E-state index in [-0.39, 0.29) is 0 Å². The predicted octanol–water partition coefficient (Wildman–Crippen LogP) is 5.58. The molecule has 1 rings (SSSR count). The fourth-order valence-electron chi connectivity index (χ4n) is 1.76. The average molecular weight is 347 g/mol. The number of oxime groups is 1. The lowest BCUT2D eigenvalue weighted by molar-refractivity contribution is 0.124. The third kappa shape index (κ3) is 5.79. The smallest absolute Gasteiger partial charge is 0.200 e. The molecule has 7 heteroatoms. The second-order valence-corrected chi connectivity index (χ2v) is 4.89. The van der Waals surface area contributed by atoms with Crippen molar-refractivity contribution in [3.8, 4) is 0 Å². The van der Waals surface area contributed by atoms with Crippen LogP contribution in [0.1, 0.15) is 38.2 Å². The molecule has 2 nitrogen and oxygen atoms in total. The second kappa shape index (κ2) is 10.6. The molecule has 0 aliphatic heterocycles. The highest BCUT2D eigenvalue weighted by atomic mass is 19.2. The van der Waals surface area contributed by atoms with Gasteiger partial charge in [-0.25, -0.2) is 22.0 Å². The lowest BCUT2D eigenvalue weighted by atomic mass is 10.2. The molecule has 0 fully saturated rings. The summed E-state index contributed by atoms with van der Waals surface area (Å²) in [5.74, 6) is -10.1.